The SMILES string of the molecule is COc1nccc(OC2CCCN(C(=O)CN3CCN(c4ccc(C)cc4)C3=O)C2)n1. The summed E-state index contributed by atoms with van der Waals surface area (Å²) in [5, 5.41) is 0. The number of piperidine rings is 1. The molecule has 4 rings (SSSR count). The number of likely N-dealkylation sites (tertiary alicyclic amines) is 1. The van der Waals surface area contributed by atoms with Crippen molar-refractivity contribution in [3.8, 4) is 11.9 Å². The van der Waals surface area contributed by atoms with Gasteiger partial charge in [-0.3, -0.25) is 9.69 Å². The van der Waals surface area contributed by atoms with Crippen molar-refractivity contribution in [3.63, 3.8) is 0 Å². The Morgan fingerprint density at radius 3 is 2.74 bits per heavy atom. The van der Waals surface area contributed by atoms with Crippen molar-refractivity contribution in [2.45, 2.75) is 25.9 Å². The first-order valence-electron chi connectivity index (χ1n) is 10.5. The minimum Gasteiger partial charge on any atom is -0.472 e. The van der Waals surface area contributed by atoms with Crippen LogP contribution in [0.4, 0.5) is 10.5 Å². The molecule has 2 saturated heterocycles. The number of anilines is 1. The van der Waals surface area contributed by atoms with Gasteiger partial charge in [-0.15, -0.1) is 0 Å². The number of nitrogens with zero attached hydrogens (tertiary/aromatic N) is 5. The smallest absolute Gasteiger partial charge is 0.325 e. The quantitative estimate of drug-likeness (QED) is 0.704. The van der Waals surface area contributed by atoms with E-state index in [1.165, 1.54) is 7.11 Å². The maximum Gasteiger partial charge on any atom is 0.325 e. The number of hydrogen-bond donors (Lipinski definition) is 0. The van der Waals surface area contributed by atoms with Gasteiger partial charge in [0.05, 0.1) is 13.7 Å². The van der Waals surface area contributed by atoms with Gasteiger partial charge in [-0.2, -0.15) is 4.98 Å². The van der Waals surface area contributed by atoms with Crippen LogP contribution < -0.4 is 14.4 Å². The summed E-state index contributed by atoms with van der Waals surface area (Å²) in [6.45, 7) is 4.33. The maximum absolute atomic E-state index is 12.9. The van der Waals surface area contributed by atoms with E-state index in [0.29, 0.717) is 32.1 Å². The lowest BCUT2D eigenvalue weighted by Crippen LogP contribution is -2.48. The number of amides is 3. The Balaban J connectivity index is 1.33. The first-order chi connectivity index (χ1) is 15.0. The van der Waals surface area contributed by atoms with E-state index in [4.69, 9.17) is 9.47 Å². The highest BCUT2D eigenvalue weighted by molar-refractivity contribution is 5.96. The normalized spacial score (nSPS) is 19.0. The zero-order valence-corrected chi connectivity index (χ0v) is 17.9. The van der Waals surface area contributed by atoms with E-state index in [9.17, 15) is 9.59 Å². The van der Waals surface area contributed by atoms with E-state index < -0.39 is 0 Å². The van der Waals surface area contributed by atoms with Crippen LogP contribution in [-0.2, 0) is 4.79 Å². The minimum absolute atomic E-state index is 0.0623. The highest BCUT2D eigenvalue weighted by atomic mass is 16.5. The molecule has 9 heteroatoms. The third-order valence-electron chi connectivity index (χ3n) is 5.58. The lowest BCUT2D eigenvalue weighted by molar-refractivity contribution is -0.134. The number of aryl methyl sites for hydroxylation is 1. The van der Waals surface area contributed by atoms with Gasteiger partial charge >= 0.3 is 12.0 Å². The Morgan fingerprint density at radius 1 is 1.16 bits per heavy atom. The molecule has 1 aromatic heterocycles. The second-order valence-electron chi connectivity index (χ2n) is 7.79. The minimum atomic E-state index is -0.157. The average Bonchev–Trinajstić information content (AvgIpc) is 3.14. The number of carbonyl (C=O) groups excluding carboxylic acids is 2. The van der Waals surface area contributed by atoms with Crippen LogP contribution in [0, 0.1) is 6.92 Å². The molecule has 0 N–H and O–H groups in total. The molecule has 0 bridgehead atoms. The standard InChI is InChI=1S/C22H27N5O4/c1-16-5-7-17(8-6-16)27-13-12-26(22(27)29)15-20(28)25-11-3-4-18(14-25)31-19-9-10-23-21(24-19)30-2/h5-10,18H,3-4,11-15H2,1-2H3. The number of urea groups is 1. The van der Waals surface area contributed by atoms with E-state index in [1.807, 2.05) is 31.2 Å². The molecule has 0 aliphatic carbocycles. The number of ether oxygens (including phenoxy) is 2. The summed E-state index contributed by atoms with van der Waals surface area (Å²) in [6.07, 6.45) is 3.09. The molecule has 2 fully saturated rings. The lowest BCUT2D eigenvalue weighted by Gasteiger charge is -2.33. The molecule has 1 unspecified atom stereocenters. The molecule has 3 amide bonds. The molecule has 31 heavy (non-hydrogen) atoms. The molecule has 0 radical (unpaired) electrons. The topological polar surface area (TPSA) is 88.1 Å². The fourth-order valence-corrected chi connectivity index (χ4v) is 3.88. The second-order valence-corrected chi connectivity index (χ2v) is 7.79. The predicted octanol–water partition coefficient (Wildman–Crippen LogP) is 2.11. The van der Waals surface area contributed by atoms with Gasteiger partial charge in [-0.1, -0.05) is 17.7 Å². The van der Waals surface area contributed by atoms with E-state index >= 15 is 0 Å². The fraction of sp³-hybridized carbons (Fsp3) is 0.455. The number of benzene rings is 1. The third-order valence-corrected chi connectivity index (χ3v) is 5.58. The first kappa shape index (κ1) is 20.9. The molecule has 2 aliphatic heterocycles. The highest BCUT2D eigenvalue weighted by Crippen LogP contribution is 2.22. The van der Waals surface area contributed by atoms with Crippen molar-refractivity contribution >= 4 is 17.6 Å². The maximum atomic E-state index is 12.9. The zero-order valence-electron chi connectivity index (χ0n) is 17.9. The van der Waals surface area contributed by atoms with Crippen LogP contribution in [0.2, 0.25) is 0 Å². The second kappa shape index (κ2) is 9.20. The molecular weight excluding hydrogens is 398 g/mol. The number of methoxy groups -OCH3 is 1. The molecule has 164 valence electrons. The molecular formula is C22H27N5O4. The molecule has 0 spiro atoms. The molecule has 9 nitrogen and oxygen atoms in total. The Hall–Kier alpha value is -3.36. The highest BCUT2D eigenvalue weighted by Gasteiger charge is 2.33. The van der Waals surface area contributed by atoms with Crippen LogP contribution in [-0.4, -0.2) is 77.6 Å². The number of hydrogen-bond acceptors (Lipinski definition) is 6. The fourth-order valence-electron chi connectivity index (χ4n) is 3.88. The lowest BCUT2D eigenvalue weighted by atomic mass is 10.1. The van der Waals surface area contributed by atoms with Gasteiger partial charge in [-0.05, 0) is 31.9 Å². The Kier molecular flexibility index (Phi) is 6.20. The summed E-state index contributed by atoms with van der Waals surface area (Å²) in [5.41, 5.74) is 2.00. The summed E-state index contributed by atoms with van der Waals surface area (Å²) >= 11 is 0. The molecule has 1 atom stereocenters. The monoisotopic (exact) mass is 425 g/mol. The van der Waals surface area contributed by atoms with Gasteiger partial charge in [0.15, 0.2) is 0 Å². The van der Waals surface area contributed by atoms with Gasteiger partial charge in [0.1, 0.15) is 12.6 Å². The van der Waals surface area contributed by atoms with Gasteiger partial charge in [0, 0.05) is 37.6 Å². The summed E-state index contributed by atoms with van der Waals surface area (Å²) < 4.78 is 11.0. The molecule has 3 heterocycles. The van der Waals surface area contributed by atoms with Crippen LogP contribution in [0.15, 0.2) is 36.5 Å². The van der Waals surface area contributed by atoms with E-state index in [0.717, 1.165) is 24.1 Å². The summed E-state index contributed by atoms with van der Waals surface area (Å²) in [7, 11) is 1.50. The van der Waals surface area contributed by atoms with E-state index in [1.54, 1.807) is 27.0 Å². The van der Waals surface area contributed by atoms with Crippen molar-refractivity contribution in [1.29, 1.82) is 0 Å². The van der Waals surface area contributed by atoms with Crippen LogP contribution in [0.5, 0.6) is 11.9 Å². The molecule has 2 aliphatic rings. The molecule has 2 aromatic rings. The Labute approximate surface area is 181 Å². The van der Waals surface area contributed by atoms with Gasteiger partial charge in [0.25, 0.3) is 0 Å². The van der Waals surface area contributed by atoms with Crippen LogP contribution in [0.1, 0.15) is 18.4 Å². The number of rotatable bonds is 6. The van der Waals surface area contributed by atoms with E-state index in [-0.39, 0.29) is 30.6 Å². The summed E-state index contributed by atoms with van der Waals surface area (Å²) in [5.74, 6) is 0.363. The van der Waals surface area contributed by atoms with Gasteiger partial charge in [-0.25, -0.2) is 9.78 Å². The third kappa shape index (κ3) is 4.87. The summed E-state index contributed by atoms with van der Waals surface area (Å²) in [6, 6.07) is 9.63. The largest absolute Gasteiger partial charge is 0.472 e. The van der Waals surface area contributed by atoms with Crippen molar-refractivity contribution in [2.75, 3.05) is 44.7 Å². The van der Waals surface area contributed by atoms with Crippen molar-refractivity contribution < 1.29 is 19.1 Å². The van der Waals surface area contributed by atoms with Crippen LogP contribution >= 0.6 is 0 Å². The van der Waals surface area contributed by atoms with Crippen molar-refractivity contribution in [1.82, 2.24) is 19.8 Å². The zero-order chi connectivity index (χ0) is 21.8. The van der Waals surface area contributed by atoms with Gasteiger partial charge < -0.3 is 19.3 Å². The van der Waals surface area contributed by atoms with Crippen LogP contribution in [0.3, 0.4) is 0 Å². The number of carbonyl (C=O) groups is 2. The predicted molar refractivity (Wildman–Crippen MR) is 114 cm³/mol. The molecule has 0 saturated carbocycles. The van der Waals surface area contributed by atoms with Crippen molar-refractivity contribution in [2.24, 2.45) is 0 Å². The van der Waals surface area contributed by atoms with Crippen LogP contribution in [0.25, 0.3) is 0 Å². The summed E-state index contributed by atoms with van der Waals surface area (Å²) in [4.78, 5) is 39.0. The van der Waals surface area contributed by atoms with Gasteiger partial charge in [0.2, 0.25) is 11.8 Å². The number of aromatic nitrogens is 2. The Bertz CT molecular complexity index is 936. The van der Waals surface area contributed by atoms with E-state index in [2.05, 4.69) is 9.97 Å². The van der Waals surface area contributed by atoms with Crippen molar-refractivity contribution in [3.05, 3.63) is 42.1 Å². The molecule has 1 aromatic carbocycles. The first-order valence-corrected chi connectivity index (χ1v) is 10.5. The Morgan fingerprint density at radius 2 is 1.97 bits per heavy atom. The average molecular weight is 425 g/mol.